The van der Waals surface area contributed by atoms with E-state index in [-0.39, 0.29) is 11.2 Å². The maximum Gasteiger partial charge on any atom is 0.123 e. The van der Waals surface area contributed by atoms with Crippen molar-refractivity contribution in [3.05, 3.63) is 69.4 Å². The summed E-state index contributed by atoms with van der Waals surface area (Å²) in [5.74, 6) is 0.162. The molecule has 0 nitrogen and oxygen atoms in total. The van der Waals surface area contributed by atoms with Crippen LogP contribution >= 0.6 is 27.5 Å². The van der Waals surface area contributed by atoms with Crippen molar-refractivity contribution in [1.82, 2.24) is 0 Å². The third-order valence-corrected chi connectivity index (χ3v) is 5.41. The lowest BCUT2D eigenvalue weighted by molar-refractivity contribution is 0.440. The second kappa shape index (κ2) is 5.87. The van der Waals surface area contributed by atoms with Gasteiger partial charge in [-0.05, 0) is 60.1 Å². The Labute approximate surface area is 132 Å². The minimum atomic E-state index is -0.189. The van der Waals surface area contributed by atoms with Gasteiger partial charge in [-0.25, -0.2) is 4.39 Å². The van der Waals surface area contributed by atoms with Gasteiger partial charge in [0.15, 0.2) is 0 Å². The summed E-state index contributed by atoms with van der Waals surface area (Å²) in [5, 5.41) is 0.00937. The van der Waals surface area contributed by atoms with Gasteiger partial charge in [0, 0.05) is 4.47 Å². The zero-order chi connectivity index (χ0) is 14.1. The number of alkyl halides is 1. The van der Waals surface area contributed by atoms with Gasteiger partial charge in [-0.3, -0.25) is 0 Å². The van der Waals surface area contributed by atoms with Gasteiger partial charge in [-0.1, -0.05) is 40.2 Å². The molecule has 20 heavy (non-hydrogen) atoms. The minimum absolute atomic E-state index is 0.00937. The molecule has 2 aromatic carbocycles. The van der Waals surface area contributed by atoms with Gasteiger partial charge >= 0.3 is 0 Å². The van der Waals surface area contributed by atoms with E-state index in [9.17, 15) is 4.39 Å². The molecule has 1 aliphatic carbocycles. The lowest BCUT2D eigenvalue weighted by Gasteiger charge is -2.30. The van der Waals surface area contributed by atoms with Crippen molar-refractivity contribution >= 4 is 27.5 Å². The van der Waals surface area contributed by atoms with Crippen molar-refractivity contribution < 1.29 is 4.39 Å². The van der Waals surface area contributed by atoms with E-state index in [0.717, 1.165) is 29.3 Å². The maximum absolute atomic E-state index is 13.4. The van der Waals surface area contributed by atoms with Crippen LogP contribution in [0, 0.1) is 11.7 Å². The molecule has 3 heteroatoms. The standard InChI is InChI=1S/C17H15BrClF/c18-16-8-7-14(20)10-13(16)9-12-6-5-11-3-1-2-4-15(11)17(12)19/h1-4,7-8,10,12,17H,5-6,9H2. The quantitative estimate of drug-likeness (QED) is 0.610. The average Bonchev–Trinajstić information content (AvgIpc) is 2.46. The van der Waals surface area contributed by atoms with E-state index < -0.39 is 0 Å². The Kier molecular flexibility index (Phi) is 4.13. The first kappa shape index (κ1) is 14.1. The smallest absolute Gasteiger partial charge is 0.123 e. The average molecular weight is 354 g/mol. The molecule has 2 atom stereocenters. The highest BCUT2D eigenvalue weighted by Gasteiger charge is 2.28. The van der Waals surface area contributed by atoms with Gasteiger partial charge in [-0.15, -0.1) is 11.6 Å². The van der Waals surface area contributed by atoms with Crippen LogP contribution in [0.5, 0.6) is 0 Å². The number of hydrogen-bond donors (Lipinski definition) is 0. The van der Waals surface area contributed by atoms with E-state index in [2.05, 4.69) is 34.1 Å². The Bertz CT molecular complexity index is 626. The lowest BCUT2D eigenvalue weighted by Crippen LogP contribution is -2.19. The van der Waals surface area contributed by atoms with Crippen LogP contribution in [0.4, 0.5) is 4.39 Å². The molecule has 0 N–H and O–H groups in total. The van der Waals surface area contributed by atoms with Crippen LogP contribution in [0.2, 0.25) is 0 Å². The summed E-state index contributed by atoms with van der Waals surface area (Å²) >= 11 is 10.1. The van der Waals surface area contributed by atoms with E-state index in [1.165, 1.54) is 17.2 Å². The van der Waals surface area contributed by atoms with Crippen molar-refractivity contribution in [2.24, 2.45) is 5.92 Å². The van der Waals surface area contributed by atoms with Crippen molar-refractivity contribution in [1.29, 1.82) is 0 Å². The molecule has 0 saturated heterocycles. The van der Waals surface area contributed by atoms with Gasteiger partial charge in [-0.2, -0.15) is 0 Å². The molecule has 0 aromatic heterocycles. The van der Waals surface area contributed by atoms with Crippen LogP contribution in [0.1, 0.15) is 28.5 Å². The summed E-state index contributed by atoms with van der Waals surface area (Å²) < 4.78 is 14.3. The molecule has 2 unspecified atom stereocenters. The molecule has 0 aliphatic heterocycles. The predicted molar refractivity (Wildman–Crippen MR) is 84.7 cm³/mol. The lowest BCUT2D eigenvalue weighted by atomic mass is 9.80. The highest BCUT2D eigenvalue weighted by atomic mass is 79.9. The first-order valence-corrected chi connectivity index (χ1v) is 8.04. The third-order valence-electron chi connectivity index (χ3n) is 4.04. The molecule has 1 aliphatic rings. The van der Waals surface area contributed by atoms with Crippen molar-refractivity contribution in [2.45, 2.75) is 24.6 Å². The molecule has 0 amide bonds. The fraction of sp³-hybridized carbons (Fsp3) is 0.294. The summed E-state index contributed by atoms with van der Waals surface area (Å²) in [7, 11) is 0. The molecule has 0 fully saturated rings. The highest BCUT2D eigenvalue weighted by molar-refractivity contribution is 9.10. The monoisotopic (exact) mass is 352 g/mol. The van der Waals surface area contributed by atoms with Crippen LogP contribution in [0.15, 0.2) is 46.9 Å². The number of rotatable bonds is 2. The van der Waals surface area contributed by atoms with E-state index in [1.807, 2.05) is 6.07 Å². The number of hydrogen-bond acceptors (Lipinski definition) is 0. The van der Waals surface area contributed by atoms with Gasteiger partial charge in [0.2, 0.25) is 0 Å². The second-order valence-electron chi connectivity index (χ2n) is 5.34. The Balaban J connectivity index is 1.84. The Morgan fingerprint density at radius 2 is 2.00 bits per heavy atom. The summed E-state index contributed by atoms with van der Waals surface area (Å²) in [4.78, 5) is 0. The Morgan fingerprint density at radius 3 is 2.85 bits per heavy atom. The largest absolute Gasteiger partial charge is 0.207 e. The molecule has 0 heterocycles. The molecule has 0 spiro atoms. The molecular weight excluding hydrogens is 339 g/mol. The highest BCUT2D eigenvalue weighted by Crippen LogP contribution is 2.41. The van der Waals surface area contributed by atoms with E-state index in [4.69, 9.17) is 11.6 Å². The fourth-order valence-corrected chi connectivity index (χ4v) is 3.80. The second-order valence-corrected chi connectivity index (χ2v) is 6.66. The minimum Gasteiger partial charge on any atom is -0.207 e. The number of benzene rings is 2. The molecule has 0 saturated carbocycles. The third kappa shape index (κ3) is 2.77. The molecule has 0 radical (unpaired) electrons. The van der Waals surface area contributed by atoms with Gasteiger partial charge in [0.25, 0.3) is 0 Å². The Morgan fingerprint density at radius 1 is 1.20 bits per heavy atom. The molecular formula is C17H15BrClF. The van der Waals surface area contributed by atoms with Gasteiger partial charge < -0.3 is 0 Å². The van der Waals surface area contributed by atoms with Crippen LogP contribution in [-0.2, 0) is 12.8 Å². The number of fused-ring (bicyclic) bond motifs is 1. The van der Waals surface area contributed by atoms with E-state index in [1.54, 1.807) is 12.1 Å². The van der Waals surface area contributed by atoms with Crippen LogP contribution in [0.3, 0.4) is 0 Å². The predicted octanol–water partition coefficient (Wildman–Crippen LogP) is 5.67. The summed E-state index contributed by atoms with van der Waals surface area (Å²) in [6.07, 6.45) is 2.91. The SMILES string of the molecule is Fc1ccc(Br)c(CC2CCc3ccccc3C2Cl)c1. The van der Waals surface area contributed by atoms with Crippen LogP contribution in [0.25, 0.3) is 0 Å². The van der Waals surface area contributed by atoms with Crippen LogP contribution < -0.4 is 0 Å². The van der Waals surface area contributed by atoms with Crippen molar-refractivity contribution in [2.75, 3.05) is 0 Å². The summed E-state index contributed by atoms with van der Waals surface area (Å²) in [6, 6.07) is 13.2. The Hall–Kier alpha value is -0.860. The van der Waals surface area contributed by atoms with Crippen molar-refractivity contribution in [3.63, 3.8) is 0 Å². The zero-order valence-electron chi connectivity index (χ0n) is 11.0. The van der Waals surface area contributed by atoms with Gasteiger partial charge in [0.05, 0.1) is 5.38 Å². The van der Waals surface area contributed by atoms with Gasteiger partial charge in [0.1, 0.15) is 5.82 Å². The number of halogens is 3. The molecule has 3 rings (SSSR count). The van der Waals surface area contributed by atoms with Crippen LogP contribution in [-0.4, -0.2) is 0 Å². The maximum atomic E-state index is 13.4. The topological polar surface area (TPSA) is 0 Å². The summed E-state index contributed by atoms with van der Waals surface area (Å²) in [5.41, 5.74) is 3.58. The normalized spacial score (nSPS) is 21.6. The summed E-state index contributed by atoms with van der Waals surface area (Å²) in [6.45, 7) is 0. The van der Waals surface area contributed by atoms with Crippen molar-refractivity contribution in [3.8, 4) is 0 Å². The first-order chi connectivity index (χ1) is 9.65. The van der Waals surface area contributed by atoms with E-state index in [0.29, 0.717) is 5.92 Å². The van der Waals surface area contributed by atoms with E-state index >= 15 is 0 Å². The zero-order valence-corrected chi connectivity index (χ0v) is 13.3. The molecule has 2 aromatic rings. The number of aryl methyl sites for hydroxylation is 1. The molecule has 0 bridgehead atoms. The molecule has 104 valence electrons. The first-order valence-electron chi connectivity index (χ1n) is 6.81. The fourth-order valence-electron chi connectivity index (χ4n) is 2.96.